The zero-order valence-electron chi connectivity index (χ0n) is 37.1. The van der Waals surface area contributed by atoms with Crippen molar-refractivity contribution < 1.29 is 32.5 Å². The standard InChI is InChI=1S/C47H57N4O11PSi/c1-7-58-63(57,24-23-37-38(62-44(54)33-17-11-8-12-18-33)26-41(60-37)51-28-32(3)43(53)49-46(51)56)30-34-25-40(50-27-31(2)42(52)48-45(50)55)61-39(34)29-59-64(47(4,5)6,35-19-13-9-14-20-35)36-21-15-10-16-22-36/h8-22,27-28,34,37-41H,7,23-26,29-30H2,1-6H3,(H,48,52,55)(H,49,53,56)/t34-,37-,38+,39-,40-,41-,63+/m1/s1. The maximum Gasteiger partial charge on any atom is 0.338 e. The van der Waals surface area contributed by atoms with Crippen molar-refractivity contribution in [3.8, 4) is 0 Å². The van der Waals surface area contributed by atoms with Crippen LogP contribution in [0.1, 0.15) is 80.9 Å². The third-order valence-electron chi connectivity index (χ3n) is 12.2. The Morgan fingerprint density at radius 1 is 0.766 bits per heavy atom. The molecule has 0 amide bonds. The summed E-state index contributed by atoms with van der Waals surface area (Å²) in [5, 5.41) is 1.79. The summed E-state index contributed by atoms with van der Waals surface area (Å²) in [5.41, 5.74) is -1.34. The highest BCUT2D eigenvalue weighted by Gasteiger charge is 2.52. The Labute approximate surface area is 372 Å². The van der Waals surface area contributed by atoms with Gasteiger partial charge in [0.1, 0.15) is 18.6 Å². The molecule has 0 spiro atoms. The molecule has 64 heavy (non-hydrogen) atoms. The van der Waals surface area contributed by atoms with Crippen LogP contribution in [0.5, 0.6) is 0 Å². The van der Waals surface area contributed by atoms with Gasteiger partial charge in [0.05, 0.1) is 31.0 Å². The lowest BCUT2D eigenvalue weighted by molar-refractivity contribution is -0.0311. The number of rotatable bonds is 16. The van der Waals surface area contributed by atoms with Crippen LogP contribution in [0.25, 0.3) is 0 Å². The van der Waals surface area contributed by atoms with Crippen LogP contribution in [-0.4, -0.2) is 77.2 Å². The predicted octanol–water partition coefficient (Wildman–Crippen LogP) is 5.40. The number of nitrogens with one attached hydrogen (secondary N) is 2. The zero-order valence-corrected chi connectivity index (χ0v) is 39.0. The van der Waals surface area contributed by atoms with Crippen molar-refractivity contribution in [3.05, 3.63) is 162 Å². The van der Waals surface area contributed by atoms with E-state index in [0.29, 0.717) is 16.7 Å². The van der Waals surface area contributed by atoms with Gasteiger partial charge in [-0.25, -0.2) is 14.4 Å². The Morgan fingerprint density at radius 2 is 1.27 bits per heavy atom. The van der Waals surface area contributed by atoms with Crippen LogP contribution in [0.4, 0.5) is 0 Å². The molecule has 17 heteroatoms. The van der Waals surface area contributed by atoms with Gasteiger partial charge in [0.25, 0.3) is 19.4 Å². The minimum absolute atomic E-state index is 0.0261. The number of carbonyl (C=O) groups is 1. The van der Waals surface area contributed by atoms with E-state index in [1.807, 2.05) is 36.4 Å². The van der Waals surface area contributed by atoms with E-state index in [2.05, 4.69) is 55.0 Å². The van der Waals surface area contributed by atoms with Crippen molar-refractivity contribution in [3.63, 3.8) is 0 Å². The van der Waals surface area contributed by atoms with Crippen LogP contribution in [0, 0.1) is 19.8 Å². The molecule has 7 rings (SSSR count). The first kappa shape index (κ1) is 46.8. The third kappa shape index (κ3) is 10.0. The van der Waals surface area contributed by atoms with Crippen molar-refractivity contribution in [1.82, 2.24) is 19.1 Å². The van der Waals surface area contributed by atoms with Crippen LogP contribution in [-0.2, 0) is 27.7 Å². The van der Waals surface area contributed by atoms with Gasteiger partial charge in [-0.1, -0.05) is 99.6 Å². The smallest absolute Gasteiger partial charge is 0.338 e. The summed E-state index contributed by atoms with van der Waals surface area (Å²) in [4.78, 5) is 68.9. The lowest BCUT2D eigenvalue weighted by Crippen LogP contribution is -2.67. The summed E-state index contributed by atoms with van der Waals surface area (Å²) in [6.45, 7) is 11.7. The quantitative estimate of drug-likeness (QED) is 0.0733. The summed E-state index contributed by atoms with van der Waals surface area (Å²) in [7, 11) is -6.63. The number of aryl methyl sites for hydroxylation is 2. The molecule has 5 aromatic rings. The number of hydrogen-bond acceptors (Lipinski definition) is 11. The molecule has 7 atom stereocenters. The number of carbonyl (C=O) groups excluding carboxylic acids is 1. The molecule has 2 saturated heterocycles. The minimum Gasteiger partial charge on any atom is -0.456 e. The van der Waals surface area contributed by atoms with Gasteiger partial charge in [0.2, 0.25) is 7.37 Å². The molecule has 2 aliphatic rings. The Kier molecular flexibility index (Phi) is 14.2. The molecular weight excluding hydrogens is 856 g/mol. The van der Waals surface area contributed by atoms with Gasteiger partial charge in [-0.2, -0.15) is 0 Å². The highest BCUT2D eigenvalue weighted by atomic mass is 31.2. The summed E-state index contributed by atoms with van der Waals surface area (Å²) in [6, 6.07) is 28.9. The van der Waals surface area contributed by atoms with Crippen LogP contribution >= 0.6 is 7.37 Å². The third-order valence-corrected chi connectivity index (χ3v) is 19.9. The molecule has 0 aliphatic carbocycles. The number of H-pyrrole nitrogens is 2. The monoisotopic (exact) mass is 912 g/mol. The second kappa shape index (κ2) is 19.5. The van der Waals surface area contributed by atoms with Crippen LogP contribution < -0.4 is 32.9 Å². The number of aromatic amines is 2. The van der Waals surface area contributed by atoms with Gasteiger partial charge < -0.3 is 23.2 Å². The average molecular weight is 913 g/mol. The van der Waals surface area contributed by atoms with E-state index < -0.39 is 80.8 Å². The second-order valence-electron chi connectivity index (χ2n) is 17.7. The topological polar surface area (TPSA) is 190 Å². The number of nitrogens with zero attached hydrogens (tertiary/aromatic N) is 2. The fourth-order valence-electron chi connectivity index (χ4n) is 9.05. The molecule has 15 nitrogen and oxygen atoms in total. The predicted molar refractivity (Wildman–Crippen MR) is 245 cm³/mol. The van der Waals surface area contributed by atoms with Crippen LogP contribution in [0.2, 0.25) is 5.04 Å². The number of ether oxygens (including phenoxy) is 3. The van der Waals surface area contributed by atoms with Gasteiger partial charge in [-0.3, -0.25) is 33.3 Å². The molecule has 0 bridgehead atoms. The Balaban J connectivity index is 1.19. The van der Waals surface area contributed by atoms with E-state index in [0.717, 1.165) is 10.4 Å². The average Bonchev–Trinajstić information content (AvgIpc) is 3.86. The van der Waals surface area contributed by atoms with E-state index in [1.54, 1.807) is 51.1 Å². The fourth-order valence-corrected chi connectivity index (χ4v) is 16.3. The molecule has 0 saturated carbocycles. The minimum atomic E-state index is -3.56. The van der Waals surface area contributed by atoms with E-state index in [-0.39, 0.29) is 49.8 Å². The number of aromatic nitrogens is 4. The normalized spacial score (nSPS) is 22.3. The lowest BCUT2D eigenvalue weighted by Gasteiger charge is -2.43. The lowest BCUT2D eigenvalue weighted by atomic mass is 10.0. The molecule has 3 aromatic carbocycles. The molecule has 340 valence electrons. The molecule has 2 fully saturated rings. The molecule has 4 heterocycles. The molecule has 2 N–H and O–H groups in total. The first-order chi connectivity index (χ1) is 30.5. The Hall–Kier alpha value is -5.22. The van der Waals surface area contributed by atoms with E-state index in [9.17, 15) is 24.0 Å². The van der Waals surface area contributed by atoms with E-state index >= 15 is 4.57 Å². The number of esters is 1. The van der Waals surface area contributed by atoms with Crippen molar-refractivity contribution in [2.75, 3.05) is 25.5 Å². The van der Waals surface area contributed by atoms with Gasteiger partial charge in [-0.15, -0.1) is 0 Å². The summed E-state index contributed by atoms with van der Waals surface area (Å²) in [5.74, 6) is -1.02. The van der Waals surface area contributed by atoms with Gasteiger partial charge in [0, 0.05) is 48.2 Å². The Morgan fingerprint density at radius 3 is 1.78 bits per heavy atom. The first-order valence-corrected chi connectivity index (χ1v) is 25.6. The fraction of sp³-hybridized carbons (Fsp3) is 0.426. The van der Waals surface area contributed by atoms with E-state index in [1.165, 1.54) is 21.5 Å². The highest BCUT2D eigenvalue weighted by molar-refractivity contribution is 7.59. The molecule has 2 aromatic heterocycles. The van der Waals surface area contributed by atoms with Crippen molar-refractivity contribution in [2.45, 2.75) is 96.6 Å². The second-order valence-corrected chi connectivity index (χ2v) is 24.7. The molecule has 2 aliphatic heterocycles. The van der Waals surface area contributed by atoms with Gasteiger partial charge >= 0.3 is 17.3 Å². The van der Waals surface area contributed by atoms with Gasteiger partial charge in [-0.05, 0) is 61.2 Å². The SMILES string of the molecule is CCO[P@@](=O)(CC[C@H]1O[C@@H](n2cc(C)c(=O)[nH]c2=O)C[C@@H]1OC(=O)c1ccccc1)C[C@H]1C[C@H](n2cc(C)c(=O)[nH]c2=O)O[C@@H]1CO[Si](c1ccccc1)(c1ccccc1)C(C)(C)C. The molecular formula is C47H57N4O11PSi. The first-order valence-electron chi connectivity index (χ1n) is 21.7. The Bertz CT molecular complexity index is 2660. The van der Waals surface area contributed by atoms with Crippen molar-refractivity contribution in [2.24, 2.45) is 5.92 Å². The zero-order chi connectivity index (χ0) is 45.8. The maximum atomic E-state index is 15.2. The maximum absolute atomic E-state index is 15.2. The summed E-state index contributed by atoms with van der Waals surface area (Å²) < 4.78 is 50.6. The highest BCUT2D eigenvalue weighted by Crippen LogP contribution is 2.53. The number of hydrogen-bond donors (Lipinski definition) is 2. The van der Waals surface area contributed by atoms with Crippen LogP contribution in [0.15, 0.2) is 123 Å². The molecule has 0 radical (unpaired) electrons. The van der Waals surface area contributed by atoms with E-state index in [4.69, 9.17) is 23.2 Å². The summed E-state index contributed by atoms with van der Waals surface area (Å²) >= 11 is 0. The number of benzene rings is 3. The van der Waals surface area contributed by atoms with Crippen LogP contribution in [0.3, 0.4) is 0 Å². The largest absolute Gasteiger partial charge is 0.456 e. The summed E-state index contributed by atoms with van der Waals surface area (Å²) in [6.07, 6.45) is -0.500. The van der Waals surface area contributed by atoms with Crippen molar-refractivity contribution >= 4 is 32.0 Å². The molecule has 0 unspecified atom stereocenters. The van der Waals surface area contributed by atoms with Crippen molar-refractivity contribution in [1.29, 1.82) is 0 Å². The van der Waals surface area contributed by atoms with Gasteiger partial charge in [0.15, 0.2) is 0 Å².